The molecule has 0 aliphatic heterocycles. The Bertz CT molecular complexity index is 142. The fourth-order valence-corrected chi connectivity index (χ4v) is 2.42. The highest BCUT2D eigenvalue weighted by Crippen LogP contribution is 2.32. The van der Waals surface area contributed by atoms with Crippen LogP contribution in [0, 0.1) is 17.8 Å². The van der Waals surface area contributed by atoms with E-state index in [1.807, 2.05) is 0 Å². The molecule has 78 valence electrons. The van der Waals surface area contributed by atoms with Crippen LogP contribution in [0.2, 0.25) is 0 Å². The predicted octanol–water partition coefficient (Wildman–Crippen LogP) is 3.06. The summed E-state index contributed by atoms with van der Waals surface area (Å²) in [6.45, 7) is 10.5. The molecule has 0 radical (unpaired) electrons. The number of nitrogens with one attached hydrogen (secondary N) is 1. The Labute approximate surface area is 83.3 Å². The SMILES string of the molecule is CC1CCC(CNC(C)C)C(C)C1. The molecule has 1 heteroatoms. The standard InChI is InChI=1S/C12H25N/c1-9(2)13-8-12-6-5-10(3)7-11(12)4/h9-13H,5-8H2,1-4H3. The van der Waals surface area contributed by atoms with Gasteiger partial charge in [0.2, 0.25) is 0 Å². The molecule has 1 nitrogen and oxygen atoms in total. The fourth-order valence-electron chi connectivity index (χ4n) is 2.42. The molecular formula is C12H25N. The maximum atomic E-state index is 3.56. The molecule has 0 aromatic carbocycles. The van der Waals surface area contributed by atoms with Crippen LogP contribution >= 0.6 is 0 Å². The first-order valence-corrected chi connectivity index (χ1v) is 5.83. The van der Waals surface area contributed by atoms with E-state index in [4.69, 9.17) is 0 Å². The van der Waals surface area contributed by atoms with Gasteiger partial charge in [-0.05, 0) is 37.1 Å². The predicted molar refractivity (Wildman–Crippen MR) is 58.8 cm³/mol. The Morgan fingerprint density at radius 1 is 1.23 bits per heavy atom. The number of hydrogen-bond acceptors (Lipinski definition) is 1. The van der Waals surface area contributed by atoms with Crippen molar-refractivity contribution >= 4 is 0 Å². The molecule has 0 bridgehead atoms. The van der Waals surface area contributed by atoms with Crippen LogP contribution in [-0.2, 0) is 0 Å². The monoisotopic (exact) mass is 183 g/mol. The van der Waals surface area contributed by atoms with Crippen molar-refractivity contribution in [1.29, 1.82) is 0 Å². The third-order valence-corrected chi connectivity index (χ3v) is 3.40. The van der Waals surface area contributed by atoms with Crippen LogP contribution in [0.1, 0.15) is 47.0 Å². The zero-order chi connectivity index (χ0) is 9.84. The largest absolute Gasteiger partial charge is 0.314 e. The second kappa shape index (κ2) is 4.99. The minimum absolute atomic E-state index is 0.645. The van der Waals surface area contributed by atoms with Gasteiger partial charge in [0.1, 0.15) is 0 Å². The molecule has 1 fully saturated rings. The van der Waals surface area contributed by atoms with Crippen molar-refractivity contribution in [2.24, 2.45) is 17.8 Å². The highest BCUT2D eigenvalue weighted by atomic mass is 14.9. The number of rotatable bonds is 3. The molecule has 0 saturated heterocycles. The Morgan fingerprint density at radius 2 is 1.92 bits per heavy atom. The molecule has 1 saturated carbocycles. The van der Waals surface area contributed by atoms with E-state index in [1.54, 1.807) is 0 Å². The highest BCUT2D eigenvalue weighted by Gasteiger charge is 2.24. The van der Waals surface area contributed by atoms with Crippen molar-refractivity contribution in [3.8, 4) is 0 Å². The molecule has 0 amide bonds. The normalized spacial score (nSPS) is 35.3. The zero-order valence-electron chi connectivity index (χ0n) is 9.64. The van der Waals surface area contributed by atoms with E-state index >= 15 is 0 Å². The molecule has 0 aromatic rings. The maximum absolute atomic E-state index is 3.56. The summed E-state index contributed by atoms with van der Waals surface area (Å²) in [5, 5.41) is 3.56. The summed E-state index contributed by atoms with van der Waals surface area (Å²) in [4.78, 5) is 0. The van der Waals surface area contributed by atoms with E-state index in [1.165, 1.54) is 25.8 Å². The van der Waals surface area contributed by atoms with Gasteiger partial charge in [0.25, 0.3) is 0 Å². The maximum Gasteiger partial charge on any atom is 0.00104 e. The van der Waals surface area contributed by atoms with Crippen molar-refractivity contribution < 1.29 is 0 Å². The first kappa shape index (κ1) is 11.0. The van der Waals surface area contributed by atoms with Gasteiger partial charge in [-0.1, -0.05) is 34.1 Å². The van der Waals surface area contributed by atoms with E-state index in [0.29, 0.717) is 6.04 Å². The Morgan fingerprint density at radius 3 is 2.46 bits per heavy atom. The lowest BCUT2D eigenvalue weighted by Gasteiger charge is -2.33. The topological polar surface area (TPSA) is 12.0 Å². The quantitative estimate of drug-likeness (QED) is 0.709. The van der Waals surface area contributed by atoms with Crippen LogP contribution < -0.4 is 5.32 Å². The smallest absolute Gasteiger partial charge is 0.00104 e. The molecule has 3 atom stereocenters. The van der Waals surface area contributed by atoms with Gasteiger partial charge in [0.05, 0.1) is 0 Å². The van der Waals surface area contributed by atoms with Gasteiger partial charge in [0.15, 0.2) is 0 Å². The lowest BCUT2D eigenvalue weighted by Crippen LogP contribution is -2.34. The summed E-state index contributed by atoms with van der Waals surface area (Å²) in [5.74, 6) is 2.82. The van der Waals surface area contributed by atoms with Gasteiger partial charge in [0, 0.05) is 6.04 Å². The Kier molecular flexibility index (Phi) is 4.24. The molecule has 1 aliphatic carbocycles. The lowest BCUT2D eigenvalue weighted by molar-refractivity contribution is 0.197. The fraction of sp³-hybridized carbons (Fsp3) is 1.00. The van der Waals surface area contributed by atoms with Crippen molar-refractivity contribution in [3.63, 3.8) is 0 Å². The average Bonchev–Trinajstić information content (AvgIpc) is 2.02. The van der Waals surface area contributed by atoms with Crippen molar-refractivity contribution in [1.82, 2.24) is 5.32 Å². The van der Waals surface area contributed by atoms with Crippen LogP contribution in [0.3, 0.4) is 0 Å². The van der Waals surface area contributed by atoms with E-state index in [0.717, 1.165) is 17.8 Å². The summed E-state index contributed by atoms with van der Waals surface area (Å²) in [5.41, 5.74) is 0. The number of hydrogen-bond donors (Lipinski definition) is 1. The molecule has 1 N–H and O–H groups in total. The molecule has 0 spiro atoms. The zero-order valence-corrected chi connectivity index (χ0v) is 9.64. The third kappa shape index (κ3) is 3.68. The van der Waals surface area contributed by atoms with Crippen LogP contribution in [0.5, 0.6) is 0 Å². The first-order valence-electron chi connectivity index (χ1n) is 5.83. The van der Waals surface area contributed by atoms with E-state index in [-0.39, 0.29) is 0 Å². The van der Waals surface area contributed by atoms with Crippen molar-refractivity contribution in [2.75, 3.05) is 6.54 Å². The molecule has 0 aromatic heterocycles. The minimum Gasteiger partial charge on any atom is -0.314 e. The molecular weight excluding hydrogens is 158 g/mol. The van der Waals surface area contributed by atoms with Gasteiger partial charge >= 0.3 is 0 Å². The summed E-state index contributed by atoms with van der Waals surface area (Å²) in [6.07, 6.45) is 4.31. The lowest BCUT2D eigenvalue weighted by atomic mass is 9.75. The first-order chi connectivity index (χ1) is 6.09. The van der Waals surface area contributed by atoms with E-state index in [2.05, 4.69) is 33.0 Å². The summed E-state index contributed by atoms with van der Waals surface area (Å²) in [6, 6.07) is 0.645. The molecule has 0 heterocycles. The highest BCUT2D eigenvalue weighted by molar-refractivity contribution is 4.77. The van der Waals surface area contributed by atoms with Crippen LogP contribution in [-0.4, -0.2) is 12.6 Å². The van der Waals surface area contributed by atoms with Gasteiger partial charge in [-0.25, -0.2) is 0 Å². The third-order valence-electron chi connectivity index (χ3n) is 3.40. The van der Waals surface area contributed by atoms with Crippen LogP contribution in [0.4, 0.5) is 0 Å². The summed E-state index contributed by atoms with van der Waals surface area (Å²) in [7, 11) is 0. The van der Waals surface area contributed by atoms with E-state index in [9.17, 15) is 0 Å². The molecule has 13 heavy (non-hydrogen) atoms. The van der Waals surface area contributed by atoms with Crippen LogP contribution in [0.15, 0.2) is 0 Å². The summed E-state index contributed by atoms with van der Waals surface area (Å²) < 4.78 is 0. The second-order valence-corrected chi connectivity index (χ2v) is 5.22. The molecule has 1 aliphatic rings. The van der Waals surface area contributed by atoms with Crippen molar-refractivity contribution in [2.45, 2.75) is 53.0 Å². The van der Waals surface area contributed by atoms with Gasteiger partial charge in [-0.3, -0.25) is 0 Å². The van der Waals surface area contributed by atoms with Gasteiger partial charge < -0.3 is 5.32 Å². The average molecular weight is 183 g/mol. The summed E-state index contributed by atoms with van der Waals surface area (Å²) >= 11 is 0. The van der Waals surface area contributed by atoms with Gasteiger partial charge in [-0.2, -0.15) is 0 Å². The van der Waals surface area contributed by atoms with Gasteiger partial charge in [-0.15, -0.1) is 0 Å². The van der Waals surface area contributed by atoms with Crippen LogP contribution in [0.25, 0.3) is 0 Å². The Hall–Kier alpha value is -0.0400. The van der Waals surface area contributed by atoms with Crippen molar-refractivity contribution in [3.05, 3.63) is 0 Å². The van der Waals surface area contributed by atoms with E-state index < -0.39 is 0 Å². The Balaban J connectivity index is 2.25. The molecule has 1 rings (SSSR count). The minimum atomic E-state index is 0.645. The second-order valence-electron chi connectivity index (χ2n) is 5.22. The molecule has 3 unspecified atom stereocenters.